The number of nitrogens with one attached hydrogen (secondary N) is 1. The minimum Gasteiger partial charge on any atom is -0.330 e. The van der Waals surface area contributed by atoms with Crippen LogP contribution in [0.4, 0.5) is 14.9 Å². The lowest BCUT2D eigenvalue weighted by Crippen LogP contribution is -2.58. The number of hydrogen-bond donors (Lipinski definition) is 2. The standard InChI is InChI=1S/C12H12FN3O3/c13-8-3-1-2-4-9(8)16-11(18)7(5-6-14)10(17)15-12(16)19/h1-4,7H,5-6,14H2,(H,15,17,19). The van der Waals surface area contributed by atoms with Gasteiger partial charge in [-0.1, -0.05) is 12.1 Å². The number of urea groups is 1. The van der Waals surface area contributed by atoms with Gasteiger partial charge >= 0.3 is 6.03 Å². The molecular formula is C12H12FN3O3. The van der Waals surface area contributed by atoms with E-state index in [2.05, 4.69) is 0 Å². The maximum absolute atomic E-state index is 13.6. The van der Waals surface area contributed by atoms with E-state index in [1.807, 2.05) is 5.32 Å². The van der Waals surface area contributed by atoms with Gasteiger partial charge in [0.1, 0.15) is 11.7 Å². The van der Waals surface area contributed by atoms with Crippen LogP contribution < -0.4 is 16.0 Å². The Labute approximate surface area is 108 Å². The van der Waals surface area contributed by atoms with Gasteiger partial charge in [0.25, 0.3) is 0 Å². The van der Waals surface area contributed by atoms with Gasteiger partial charge in [-0.3, -0.25) is 14.9 Å². The smallest absolute Gasteiger partial charge is 0.330 e. The van der Waals surface area contributed by atoms with Crippen LogP contribution in [0.1, 0.15) is 6.42 Å². The number of carbonyl (C=O) groups is 3. The predicted octanol–water partition coefficient (Wildman–Crippen LogP) is 0.373. The van der Waals surface area contributed by atoms with E-state index in [0.717, 1.165) is 6.07 Å². The van der Waals surface area contributed by atoms with E-state index in [9.17, 15) is 18.8 Å². The Morgan fingerprint density at radius 2 is 1.95 bits per heavy atom. The average Bonchev–Trinajstić information content (AvgIpc) is 2.36. The van der Waals surface area contributed by atoms with Crippen LogP contribution in [0.3, 0.4) is 0 Å². The number of amides is 4. The van der Waals surface area contributed by atoms with Gasteiger partial charge in [0, 0.05) is 0 Å². The molecule has 1 heterocycles. The molecule has 7 heteroatoms. The summed E-state index contributed by atoms with van der Waals surface area (Å²) >= 11 is 0. The van der Waals surface area contributed by atoms with E-state index in [4.69, 9.17) is 5.73 Å². The third-order valence-corrected chi connectivity index (χ3v) is 2.82. The van der Waals surface area contributed by atoms with Crippen molar-refractivity contribution in [1.82, 2.24) is 5.32 Å². The van der Waals surface area contributed by atoms with Crippen molar-refractivity contribution < 1.29 is 18.8 Å². The number of nitrogens with two attached hydrogens (primary N) is 1. The molecule has 1 unspecified atom stereocenters. The molecule has 0 spiro atoms. The van der Waals surface area contributed by atoms with Crippen molar-refractivity contribution in [1.29, 1.82) is 0 Å². The van der Waals surface area contributed by atoms with Crippen molar-refractivity contribution in [2.45, 2.75) is 6.42 Å². The molecule has 0 aromatic heterocycles. The second-order valence-electron chi connectivity index (χ2n) is 4.05. The molecule has 1 atom stereocenters. The molecule has 100 valence electrons. The average molecular weight is 265 g/mol. The lowest BCUT2D eigenvalue weighted by atomic mass is 10.0. The minimum atomic E-state index is -1.07. The van der Waals surface area contributed by atoms with Crippen molar-refractivity contribution in [3.8, 4) is 0 Å². The summed E-state index contributed by atoms with van der Waals surface area (Å²) in [7, 11) is 0. The molecule has 0 bridgehead atoms. The number of halogens is 1. The van der Waals surface area contributed by atoms with Gasteiger partial charge in [-0.05, 0) is 25.1 Å². The van der Waals surface area contributed by atoms with Gasteiger partial charge in [0.15, 0.2) is 0 Å². The Kier molecular flexibility index (Phi) is 3.57. The number of para-hydroxylation sites is 1. The summed E-state index contributed by atoms with van der Waals surface area (Å²) in [6.07, 6.45) is 0.100. The lowest BCUT2D eigenvalue weighted by Gasteiger charge is -2.30. The number of nitrogens with zero attached hydrogens (tertiary/aromatic N) is 1. The van der Waals surface area contributed by atoms with Gasteiger partial charge in [0.2, 0.25) is 11.8 Å². The Bertz CT molecular complexity index is 547. The van der Waals surface area contributed by atoms with Crippen LogP contribution in [0, 0.1) is 11.7 Å². The molecule has 0 aliphatic carbocycles. The molecular weight excluding hydrogens is 253 g/mol. The normalized spacial score (nSPS) is 19.6. The van der Waals surface area contributed by atoms with Gasteiger partial charge in [0.05, 0.1) is 5.69 Å². The van der Waals surface area contributed by atoms with Crippen molar-refractivity contribution in [3.63, 3.8) is 0 Å². The Hall–Kier alpha value is -2.28. The summed E-state index contributed by atoms with van der Waals surface area (Å²) in [5.41, 5.74) is 5.14. The number of carbonyl (C=O) groups excluding carboxylic acids is 3. The monoisotopic (exact) mass is 265 g/mol. The highest BCUT2D eigenvalue weighted by molar-refractivity contribution is 6.27. The van der Waals surface area contributed by atoms with Crippen molar-refractivity contribution in [2.24, 2.45) is 11.7 Å². The summed E-state index contributed by atoms with van der Waals surface area (Å²) in [5, 5.41) is 2.03. The molecule has 1 aliphatic heterocycles. The number of rotatable bonds is 3. The first kappa shape index (κ1) is 13.2. The fourth-order valence-electron chi connectivity index (χ4n) is 1.90. The van der Waals surface area contributed by atoms with Crippen molar-refractivity contribution in [3.05, 3.63) is 30.1 Å². The van der Waals surface area contributed by atoms with E-state index >= 15 is 0 Å². The highest BCUT2D eigenvalue weighted by Crippen LogP contribution is 2.24. The number of imide groups is 2. The summed E-state index contributed by atoms with van der Waals surface area (Å²) < 4.78 is 13.6. The van der Waals surface area contributed by atoms with Crippen LogP contribution in [0.15, 0.2) is 24.3 Å². The quantitative estimate of drug-likeness (QED) is 0.772. The zero-order valence-electron chi connectivity index (χ0n) is 9.93. The van der Waals surface area contributed by atoms with Gasteiger partial charge in [-0.25, -0.2) is 14.1 Å². The van der Waals surface area contributed by atoms with Crippen molar-refractivity contribution in [2.75, 3.05) is 11.4 Å². The molecule has 3 N–H and O–H groups in total. The molecule has 1 fully saturated rings. The molecule has 1 aromatic carbocycles. The number of barbiturate groups is 1. The molecule has 19 heavy (non-hydrogen) atoms. The van der Waals surface area contributed by atoms with Crippen LogP contribution in [0.25, 0.3) is 0 Å². The summed E-state index contributed by atoms with van der Waals surface area (Å²) in [6.45, 7) is 0.114. The highest BCUT2D eigenvalue weighted by atomic mass is 19.1. The van der Waals surface area contributed by atoms with E-state index in [0.29, 0.717) is 4.90 Å². The maximum Gasteiger partial charge on any atom is 0.335 e. The van der Waals surface area contributed by atoms with Crippen LogP contribution in [0.5, 0.6) is 0 Å². The molecule has 1 aliphatic rings. The van der Waals surface area contributed by atoms with Crippen LogP contribution >= 0.6 is 0 Å². The fourth-order valence-corrected chi connectivity index (χ4v) is 1.90. The second-order valence-corrected chi connectivity index (χ2v) is 4.05. The molecule has 0 saturated carbocycles. The first-order valence-corrected chi connectivity index (χ1v) is 5.69. The summed E-state index contributed by atoms with van der Waals surface area (Å²) in [6, 6.07) is 4.40. The summed E-state index contributed by atoms with van der Waals surface area (Å²) in [4.78, 5) is 36.0. The second kappa shape index (κ2) is 5.15. The highest BCUT2D eigenvalue weighted by Gasteiger charge is 2.41. The predicted molar refractivity (Wildman–Crippen MR) is 64.6 cm³/mol. The Morgan fingerprint density at radius 1 is 1.26 bits per heavy atom. The van der Waals surface area contributed by atoms with Gasteiger partial charge < -0.3 is 5.73 Å². The molecule has 2 rings (SSSR count). The largest absolute Gasteiger partial charge is 0.335 e. The van der Waals surface area contributed by atoms with Crippen LogP contribution in [-0.2, 0) is 9.59 Å². The first-order valence-electron chi connectivity index (χ1n) is 5.69. The molecule has 6 nitrogen and oxygen atoms in total. The maximum atomic E-state index is 13.6. The summed E-state index contributed by atoms with van der Waals surface area (Å²) in [5.74, 6) is -3.24. The van der Waals surface area contributed by atoms with Crippen LogP contribution in [0.2, 0.25) is 0 Å². The number of hydrogen-bond acceptors (Lipinski definition) is 4. The SMILES string of the molecule is NCCC1C(=O)NC(=O)N(c2ccccc2F)C1=O. The zero-order valence-corrected chi connectivity index (χ0v) is 9.93. The third kappa shape index (κ3) is 2.32. The van der Waals surface area contributed by atoms with E-state index < -0.39 is 29.6 Å². The zero-order chi connectivity index (χ0) is 14.0. The van der Waals surface area contributed by atoms with Crippen molar-refractivity contribution >= 4 is 23.5 Å². The number of benzene rings is 1. The topological polar surface area (TPSA) is 92.5 Å². The Balaban J connectivity index is 2.39. The molecule has 1 saturated heterocycles. The van der Waals surface area contributed by atoms with E-state index in [-0.39, 0.29) is 18.7 Å². The molecule has 0 radical (unpaired) electrons. The third-order valence-electron chi connectivity index (χ3n) is 2.82. The Morgan fingerprint density at radius 3 is 2.58 bits per heavy atom. The van der Waals surface area contributed by atoms with E-state index in [1.54, 1.807) is 0 Å². The van der Waals surface area contributed by atoms with Crippen LogP contribution in [-0.4, -0.2) is 24.4 Å². The van der Waals surface area contributed by atoms with Gasteiger partial charge in [-0.2, -0.15) is 0 Å². The molecule has 1 aromatic rings. The number of anilines is 1. The fraction of sp³-hybridized carbons (Fsp3) is 0.250. The van der Waals surface area contributed by atoms with Gasteiger partial charge in [-0.15, -0.1) is 0 Å². The first-order chi connectivity index (χ1) is 9.06. The minimum absolute atomic E-state index is 0.100. The lowest BCUT2D eigenvalue weighted by molar-refractivity contribution is -0.134. The van der Waals surface area contributed by atoms with E-state index in [1.165, 1.54) is 18.2 Å². The molecule has 4 amide bonds.